The third kappa shape index (κ3) is 12.4. The van der Waals surface area contributed by atoms with Gasteiger partial charge in [0.2, 0.25) is 11.8 Å². The van der Waals surface area contributed by atoms with Crippen LogP contribution in [0.5, 0.6) is 0 Å². The molecule has 4 rings (SSSR count). The first-order valence-electron chi connectivity index (χ1n) is 17.4. The van der Waals surface area contributed by atoms with E-state index in [4.69, 9.17) is 4.55 Å². The van der Waals surface area contributed by atoms with Crippen LogP contribution in [-0.2, 0) is 55.5 Å². The van der Waals surface area contributed by atoms with E-state index >= 15 is 0 Å². The highest BCUT2D eigenvalue weighted by molar-refractivity contribution is 7.87. The summed E-state index contributed by atoms with van der Waals surface area (Å²) in [4.78, 5) is 71.1. The fourth-order valence-corrected chi connectivity index (χ4v) is 7.29. The molecule has 3 heterocycles. The number of allylic oxidation sites excluding steroid dienone is 2. The fraction of sp³-hybridized carbons (Fsp3) is 0.412. The Labute approximate surface area is 327 Å². The van der Waals surface area contributed by atoms with Crippen LogP contribution in [0.3, 0.4) is 0 Å². The van der Waals surface area contributed by atoms with Crippen molar-refractivity contribution in [1.82, 2.24) is 20.2 Å². The van der Waals surface area contributed by atoms with Gasteiger partial charge in [-0.1, -0.05) is 30.3 Å². The van der Waals surface area contributed by atoms with Gasteiger partial charge in [-0.3, -0.25) is 41.9 Å². The van der Waals surface area contributed by atoms with Crippen LogP contribution in [-0.4, -0.2) is 134 Å². The molecule has 1 aromatic heterocycles. The van der Waals surface area contributed by atoms with E-state index in [1.54, 1.807) is 55.5 Å². The second kappa shape index (κ2) is 18.0. The normalized spacial score (nSPS) is 17.4. The number of benzene rings is 1. The maximum absolute atomic E-state index is 14.7. The van der Waals surface area contributed by atoms with E-state index in [9.17, 15) is 54.0 Å². The van der Waals surface area contributed by atoms with E-state index in [2.05, 4.69) is 15.1 Å². The summed E-state index contributed by atoms with van der Waals surface area (Å²) in [6.07, 6.45) is 3.32. The highest BCUT2D eigenvalue weighted by Crippen LogP contribution is 2.32. The quantitative estimate of drug-likeness (QED) is 0.0712. The van der Waals surface area contributed by atoms with Crippen molar-refractivity contribution < 1.29 is 67.9 Å². The summed E-state index contributed by atoms with van der Waals surface area (Å²) in [5, 5.41) is 1.52. The van der Waals surface area contributed by atoms with E-state index < -0.39 is 87.2 Å². The number of aliphatic imine (C=N–C) groups is 1. The summed E-state index contributed by atoms with van der Waals surface area (Å²) in [7, 11) is -6.81. The van der Waals surface area contributed by atoms with Crippen LogP contribution >= 0.6 is 0 Å². The number of halogens is 2. The number of nitrogens with one attached hydrogen (secondary N) is 2. The standard InChI is InChI=1S/C34H41BF2N6O12S2/c1-21-15-24(39-25(21)17-28-23(11-8-14-43(2,3)4)16-27(41(28)35(36)37)22-9-6-5-7-10-22)12-13-30(44)38-19-31(45)40-26(20-56(49,50)51)34(48)55-42-32(46)18-29(33(42)47)57(52,53)54/h5-7,9-10,15-17,26,29H,8,11-14,18-20H2,1-4H3,(H3-,38,40,44,45,49,50,51,52,53,54)/p+1/b25-17-. The number of carbonyl (C=O) groups excluding carboxylic acids is 5. The summed E-state index contributed by atoms with van der Waals surface area (Å²) in [6, 6.07) is 8.38. The minimum absolute atomic E-state index is 0.0593. The molecule has 2 aliphatic rings. The number of nitrogens with zero attached hydrogens (tertiary/aromatic N) is 4. The van der Waals surface area contributed by atoms with E-state index in [0.717, 1.165) is 23.0 Å². The zero-order valence-corrected chi connectivity index (χ0v) is 33.0. The van der Waals surface area contributed by atoms with Crippen LogP contribution in [0.4, 0.5) is 8.63 Å². The minimum Gasteiger partial charge on any atom is -0.347 e. The first-order chi connectivity index (χ1) is 26.4. The lowest BCUT2D eigenvalue weighted by Gasteiger charge is -2.23. The van der Waals surface area contributed by atoms with Gasteiger partial charge in [0, 0.05) is 29.9 Å². The first-order valence-corrected chi connectivity index (χ1v) is 20.5. The SMILES string of the molecule is CC1=CC(CCC(=O)NCC(=O)NC(CS(=O)(=O)O)C(=O)ON2C(=O)CC(S(=O)(=O)O)C2=O)=N/C1=C\c1c(CCC[N+](C)(C)C)cc(-c2ccccc2)n1B(F)F. The lowest BCUT2D eigenvalue weighted by Crippen LogP contribution is -2.51. The highest BCUT2D eigenvalue weighted by Gasteiger charge is 2.49. The van der Waals surface area contributed by atoms with Gasteiger partial charge in [0.05, 0.1) is 46.4 Å². The predicted molar refractivity (Wildman–Crippen MR) is 202 cm³/mol. The van der Waals surface area contributed by atoms with Crippen LogP contribution < -0.4 is 10.6 Å². The molecule has 0 saturated carbocycles. The molecule has 18 nitrogen and oxygen atoms in total. The van der Waals surface area contributed by atoms with Crippen molar-refractivity contribution in [3.8, 4) is 11.3 Å². The number of hydrogen-bond acceptors (Lipinski definition) is 11. The van der Waals surface area contributed by atoms with Gasteiger partial charge in [0.15, 0.2) is 5.25 Å². The van der Waals surface area contributed by atoms with Gasteiger partial charge in [-0.2, -0.15) is 16.8 Å². The summed E-state index contributed by atoms with van der Waals surface area (Å²) in [6.45, 7) is 1.73. The van der Waals surface area contributed by atoms with E-state index in [0.29, 0.717) is 44.8 Å². The van der Waals surface area contributed by atoms with Crippen LogP contribution in [0.25, 0.3) is 17.3 Å². The maximum Gasteiger partial charge on any atom is 0.678 e. The molecule has 0 aliphatic carbocycles. The summed E-state index contributed by atoms with van der Waals surface area (Å²) < 4.78 is 95.2. The summed E-state index contributed by atoms with van der Waals surface area (Å²) in [5.41, 5.74) is 3.53. The van der Waals surface area contributed by atoms with Crippen molar-refractivity contribution in [2.45, 2.75) is 50.3 Å². The Balaban J connectivity index is 1.41. The molecule has 308 valence electrons. The molecule has 2 aromatic rings. The second-order valence-corrected chi connectivity index (χ2v) is 17.4. The molecule has 4 N–H and O–H groups in total. The van der Waals surface area contributed by atoms with E-state index in [-0.39, 0.29) is 17.9 Å². The van der Waals surface area contributed by atoms with Gasteiger partial charge < -0.3 is 24.4 Å². The summed E-state index contributed by atoms with van der Waals surface area (Å²) in [5.74, 6) is -8.17. The Kier molecular flexibility index (Phi) is 14.1. The monoisotopic (exact) mass is 839 g/mol. The Hall–Kier alpha value is -5.10. The molecule has 2 atom stereocenters. The molecule has 1 saturated heterocycles. The number of hydrogen-bond donors (Lipinski definition) is 4. The predicted octanol–water partition coefficient (Wildman–Crippen LogP) is 1.05. The van der Waals surface area contributed by atoms with Gasteiger partial charge >= 0.3 is 13.4 Å². The lowest BCUT2D eigenvalue weighted by molar-refractivity contribution is -0.870. The van der Waals surface area contributed by atoms with Crippen LogP contribution in [0, 0.1) is 0 Å². The number of carbonyl (C=O) groups is 5. The smallest absolute Gasteiger partial charge is 0.347 e. The molecule has 0 spiro atoms. The van der Waals surface area contributed by atoms with Crippen molar-refractivity contribution in [2.24, 2.45) is 4.99 Å². The molecular formula is C34H42BF2N6O12S2+. The van der Waals surface area contributed by atoms with Crippen molar-refractivity contribution in [1.29, 1.82) is 0 Å². The number of amides is 4. The first kappa shape index (κ1) is 44.6. The molecule has 4 amide bonds. The molecule has 0 radical (unpaired) electrons. The van der Waals surface area contributed by atoms with Gasteiger partial charge in [0.25, 0.3) is 32.1 Å². The molecule has 1 fully saturated rings. The topological polar surface area (TPSA) is 248 Å². The van der Waals surface area contributed by atoms with Gasteiger partial charge in [0.1, 0.15) is 11.8 Å². The van der Waals surface area contributed by atoms with E-state index in [1.807, 2.05) is 26.5 Å². The van der Waals surface area contributed by atoms with Crippen LogP contribution in [0.2, 0.25) is 0 Å². The third-order valence-electron chi connectivity index (χ3n) is 8.68. The van der Waals surface area contributed by atoms with Crippen molar-refractivity contribution in [3.05, 3.63) is 65.0 Å². The Bertz CT molecular complexity index is 2240. The number of quaternary nitrogens is 1. The summed E-state index contributed by atoms with van der Waals surface area (Å²) >= 11 is 0. The lowest BCUT2D eigenvalue weighted by atomic mass is 10.1. The number of aryl methyl sites for hydroxylation is 1. The zero-order chi connectivity index (χ0) is 42.5. The van der Waals surface area contributed by atoms with Crippen molar-refractivity contribution in [3.63, 3.8) is 0 Å². The zero-order valence-electron chi connectivity index (χ0n) is 31.3. The number of rotatable bonds is 18. The number of hydroxylamine groups is 2. The van der Waals surface area contributed by atoms with Crippen molar-refractivity contribution in [2.75, 3.05) is 40.0 Å². The minimum atomic E-state index is -5.08. The third-order valence-corrected chi connectivity index (χ3v) is 10.5. The van der Waals surface area contributed by atoms with E-state index in [1.165, 1.54) is 0 Å². The van der Waals surface area contributed by atoms with Gasteiger partial charge in [-0.05, 0) is 54.7 Å². The molecule has 57 heavy (non-hydrogen) atoms. The Morgan fingerprint density at radius 3 is 2.32 bits per heavy atom. The molecule has 1 aromatic carbocycles. The fourth-order valence-electron chi connectivity index (χ4n) is 5.94. The Morgan fingerprint density at radius 2 is 1.74 bits per heavy atom. The van der Waals surface area contributed by atoms with Gasteiger partial charge in [-0.25, -0.2) is 4.79 Å². The molecule has 2 unspecified atom stereocenters. The molecule has 0 bridgehead atoms. The van der Waals surface area contributed by atoms with Crippen LogP contribution in [0.15, 0.2) is 58.7 Å². The number of aromatic nitrogens is 1. The highest BCUT2D eigenvalue weighted by atomic mass is 32.2. The Morgan fingerprint density at radius 1 is 1.07 bits per heavy atom. The molecule has 2 aliphatic heterocycles. The number of imide groups is 1. The molecule has 23 heteroatoms. The second-order valence-electron chi connectivity index (χ2n) is 14.3. The van der Waals surface area contributed by atoms with Gasteiger partial charge in [-0.15, -0.1) is 5.06 Å². The maximum atomic E-state index is 14.7. The largest absolute Gasteiger partial charge is 0.678 e. The van der Waals surface area contributed by atoms with Crippen LogP contribution in [0.1, 0.15) is 43.9 Å². The molecular weight excluding hydrogens is 797 g/mol. The van der Waals surface area contributed by atoms with Crippen molar-refractivity contribution >= 4 is 69.0 Å². The average molecular weight is 840 g/mol. The average Bonchev–Trinajstić information content (AvgIpc) is 3.74.